The van der Waals surface area contributed by atoms with E-state index < -0.39 is 0 Å². The third kappa shape index (κ3) is 3.98. The van der Waals surface area contributed by atoms with Crippen LogP contribution in [0.2, 0.25) is 0 Å². The van der Waals surface area contributed by atoms with Gasteiger partial charge in [0.25, 0.3) is 5.91 Å². The van der Waals surface area contributed by atoms with Crippen LogP contribution in [0.5, 0.6) is 5.75 Å². The normalized spacial score (nSPS) is 28.7. The van der Waals surface area contributed by atoms with Crippen LogP contribution in [-0.4, -0.2) is 55.4 Å². The predicted molar refractivity (Wildman–Crippen MR) is 93.6 cm³/mol. The second kappa shape index (κ2) is 6.96. The average molecular weight is 345 g/mol. The van der Waals surface area contributed by atoms with E-state index in [-0.39, 0.29) is 24.2 Å². The summed E-state index contributed by atoms with van der Waals surface area (Å²) in [5, 5.41) is 0. The number of carbonyl (C=O) groups excluding carboxylic acids is 1. The molecule has 0 aromatic heterocycles. The van der Waals surface area contributed by atoms with E-state index >= 15 is 0 Å². The van der Waals surface area contributed by atoms with Crippen molar-refractivity contribution < 1.29 is 19.0 Å². The van der Waals surface area contributed by atoms with Crippen molar-refractivity contribution in [3.8, 4) is 5.75 Å². The SMILES string of the molecule is Cc1ccccc1OCC(=O)N1CC[C@]2(C[C@@H](OCC3CC3)CO2)C1. The molecule has 1 aromatic rings. The van der Waals surface area contributed by atoms with Crippen molar-refractivity contribution in [2.24, 2.45) is 5.92 Å². The van der Waals surface area contributed by atoms with Crippen molar-refractivity contribution in [1.29, 1.82) is 0 Å². The second-order valence-electron chi connectivity index (χ2n) is 7.72. The van der Waals surface area contributed by atoms with Crippen LogP contribution in [0.15, 0.2) is 24.3 Å². The molecule has 0 N–H and O–H groups in total. The minimum atomic E-state index is -0.202. The predicted octanol–water partition coefficient (Wildman–Crippen LogP) is 2.56. The van der Waals surface area contributed by atoms with Gasteiger partial charge < -0.3 is 19.1 Å². The molecule has 3 fully saturated rings. The van der Waals surface area contributed by atoms with Gasteiger partial charge >= 0.3 is 0 Å². The van der Waals surface area contributed by atoms with Crippen LogP contribution >= 0.6 is 0 Å². The first kappa shape index (κ1) is 16.9. The van der Waals surface area contributed by atoms with E-state index in [0.717, 1.165) is 43.2 Å². The summed E-state index contributed by atoms with van der Waals surface area (Å²) in [5.74, 6) is 1.58. The van der Waals surface area contributed by atoms with Gasteiger partial charge in [-0.3, -0.25) is 4.79 Å². The molecule has 1 aromatic carbocycles. The van der Waals surface area contributed by atoms with Gasteiger partial charge in [-0.1, -0.05) is 18.2 Å². The van der Waals surface area contributed by atoms with Crippen LogP contribution in [0, 0.1) is 12.8 Å². The molecule has 136 valence electrons. The Hall–Kier alpha value is -1.59. The van der Waals surface area contributed by atoms with Crippen LogP contribution in [0.25, 0.3) is 0 Å². The number of amides is 1. The summed E-state index contributed by atoms with van der Waals surface area (Å²) in [6, 6.07) is 7.77. The molecule has 2 heterocycles. The first-order valence-corrected chi connectivity index (χ1v) is 9.35. The molecule has 0 bridgehead atoms. The topological polar surface area (TPSA) is 48.0 Å². The van der Waals surface area contributed by atoms with Crippen molar-refractivity contribution in [3.05, 3.63) is 29.8 Å². The summed E-state index contributed by atoms with van der Waals surface area (Å²) in [7, 11) is 0. The zero-order valence-electron chi connectivity index (χ0n) is 14.9. The monoisotopic (exact) mass is 345 g/mol. The molecule has 1 saturated carbocycles. The summed E-state index contributed by atoms with van der Waals surface area (Å²) >= 11 is 0. The highest BCUT2D eigenvalue weighted by Crippen LogP contribution is 2.37. The fraction of sp³-hybridized carbons (Fsp3) is 0.650. The maximum atomic E-state index is 12.5. The summed E-state index contributed by atoms with van der Waals surface area (Å²) in [6.45, 7) is 5.00. The van der Waals surface area contributed by atoms with Crippen molar-refractivity contribution >= 4 is 5.91 Å². The van der Waals surface area contributed by atoms with Gasteiger partial charge in [-0.2, -0.15) is 0 Å². The fourth-order valence-electron chi connectivity index (χ4n) is 3.76. The number of likely N-dealkylation sites (tertiary alicyclic amines) is 1. The molecule has 4 rings (SSSR count). The van der Waals surface area contributed by atoms with Crippen molar-refractivity contribution in [2.75, 3.05) is 32.9 Å². The number of aryl methyl sites for hydroxylation is 1. The standard InChI is InChI=1S/C20H27NO4/c1-15-4-2-3-5-18(15)24-13-19(22)21-9-8-20(14-21)10-17(12-25-20)23-11-16-6-7-16/h2-5,16-17H,6-14H2,1H3/t17-,20+/m1/s1. The minimum Gasteiger partial charge on any atom is -0.484 e. The molecule has 2 aliphatic heterocycles. The quantitative estimate of drug-likeness (QED) is 0.795. The minimum absolute atomic E-state index is 0.0334. The van der Waals surface area contributed by atoms with Gasteiger partial charge in [0, 0.05) is 26.1 Å². The Bertz CT molecular complexity index is 630. The number of hydrogen-bond acceptors (Lipinski definition) is 4. The number of nitrogens with zero attached hydrogens (tertiary/aromatic N) is 1. The molecule has 0 radical (unpaired) electrons. The van der Waals surface area contributed by atoms with E-state index in [9.17, 15) is 4.79 Å². The van der Waals surface area contributed by atoms with Gasteiger partial charge in [-0.25, -0.2) is 0 Å². The Morgan fingerprint density at radius 3 is 3.00 bits per heavy atom. The van der Waals surface area contributed by atoms with Gasteiger partial charge in [0.05, 0.1) is 18.3 Å². The molecule has 25 heavy (non-hydrogen) atoms. The lowest BCUT2D eigenvalue weighted by atomic mass is 9.98. The van der Waals surface area contributed by atoms with E-state index in [1.165, 1.54) is 12.8 Å². The summed E-state index contributed by atoms with van der Waals surface area (Å²) < 4.78 is 17.7. The third-order valence-corrected chi connectivity index (χ3v) is 5.55. The summed E-state index contributed by atoms with van der Waals surface area (Å²) in [6.07, 6.45) is 4.61. The van der Waals surface area contributed by atoms with Gasteiger partial charge in [0.2, 0.25) is 0 Å². The van der Waals surface area contributed by atoms with Crippen LogP contribution in [0.3, 0.4) is 0 Å². The zero-order chi connectivity index (χ0) is 17.3. The fourth-order valence-corrected chi connectivity index (χ4v) is 3.76. The molecule has 5 nitrogen and oxygen atoms in total. The first-order chi connectivity index (χ1) is 12.1. The van der Waals surface area contributed by atoms with Crippen LogP contribution in [-0.2, 0) is 14.3 Å². The zero-order valence-corrected chi connectivity index (χ0v) is 14.9. The van der Waals surface area contributed by atoms with Gasteiger partial charge in [-0.05, 0) is 43.7 Å². The van der Waals surface area contributed by atoms with Crippen LogP contribution in [0.1, 0.15) is 31.2 Å². The molecule has 1 spiro atoms. The highest BCUT2D eigenvalue weighted by molar-refractivity contribution is 5.78. The molecule has 0 unspecified atom stereocenters. The van der Waals surface area contributed by atoms with Gasteiger partial charge in [0.15, 0.2) is 6.61 Å². The van der Waals surface area contributed by atoms with Gasteiger partial charge in [0.1, 0.15) is 5.75 Å². The first-order valence-electron chi connectivity index (χ1n) is 9.35. The Morgan fingerprint density at radius 2 is 2.20 bits per heavy atom. The largest absolute Gasteiger partial charge is 0.484 e. The van der Waals surface area contributed by atoms with E-state index in [1.807, 2.05) is 36.1 Å². The molecule has 5 heteroatoms. The Morgan fingerprint density at radius 1 is 1.36 bits per heavy atom. The maximum Gasteiger partial charge on any atom is 0.260 e. The summed E-state index contributed by atoms with van der Waals surface area (Å²) in [5.41, 5.74) is 0.843. The Balaban J connectivity index is 1.25. The lowest BCUT2D eigenvalue weighted by molar-refractivity contribution is -0.133. The van der Waals surface area contributed by atoms with Crippen LogP contribution < -0.4 is 4.74 Å². The number of para-hydroxylation sites is 1. The van der Waals surface area contributed by atoms with Gasteiger partial charge in [-0.15, -0.1) is 0 Å². The maximum absolute atomic E-state index is 12.5. The molecule has 2 saturated heterocycles. The number of rotatable bonds is 6. The number of ether oxygens (including phenoxy) is 3. The molecule has 2 atom stereocenters. The number of carbonyl (C=O) groups is 1. The van der Waals surface area contributed by atoms with Crippen LogP contribution in [0.4, 0.5) is 0 Å². The van der Waals surface area contributed by atoms with Crippen molar-refractivity contribution in [3.63, 3.8) is 0 Å². The molecule has 1 aliphatic carbocycles. The van der Waals surface area contributed by atoms with E-state index in [1.54, 1.807) is 0 Å². The molecule has 1 amide bonds. The number of hydrogen-bond donors (Lipinski definition) is 0. The number of benzene rings is 1. The lowest BCUT2D eigenvalue weighted by Gasteiger charge is -2.23. The lowest BCUT2D eigenvalue weighted by Crippen LogP contribution is -2.38. The van der Waals surface area contributed by atoms with E-state index in [2.05, 4.69) is 0 Å². The smallest absolute Gasteiger partial charge is 0.260 e. The third-order valence-electron chi connectivity index (χ3n) is 5.55. The summed E-state index contributed by atoms with van der Waals surface area (Å²) in [4.78, 5) is 14.4. The second-order valence-corrected chi connectivity index (χ2v) is 7.72. The van der Waals surface area contributed by atoms with Crippen molar-refractivity contribution in [1.82, 2.24) is 4.90 Å². The van der Waals surface area contributed by atoms with Crippen molar-refractivity contribution in [2.45, 2.75) is 44.3 Å². The molecular formula is C20H27NO4. The molecule has 3 aliphatic rings. The Kier molecular flexibility index (Phi) is 4.69. The van der Waals surface area contributed by atoms with E-state index in [0.29, 0.717) is 13.2 Å². The average Bonchev–Trinajstić information content (AvgIpc) is 3.23. The Labute approximate surface area is 149 Å². The molecular weight excluding hydrogens is 318 g/mol. The van der Waals surface area contributed by atoms with E-state index in [4.69, 9.17) is 14.2 Å². The highest BCUT2D eigenvalue weighted by atomic mass is 16.6. The highest BCUT2D eigenvalue weighted by Gasteiger charge is 2.47.